The Labute approximate surface area is 613 Å². The smallest absolute Gasteiger partial charge is 0.462 e. The number of hydrogen-bond acceptors (Lipinski definition) is 15. The van der Waals surface area contributed by atoms with Crippen molar-refractivity contribution >= 4 is 39.5 Å². The third-order valence-electron chi connectivity index (χ3n) is 19.0. The monoisotopic (exact) mass is 1470 g/mol. The number of carbonyl (C=O) groups excluding carboxylic acids is 4. The van der Waals surface area contributed by atoms with Gasteiger partial charge in [0.25, 0.3) is 0 Å². The SMILES string of the molecule is CCCCCCCCCCCCCCCCCCCCCCCCC(=O)O[C@H](COC(=O)CCCCCCCCCCCCCCC(C)C)COP(=O)(O)OC[C@@H](O)COP(=O)(O)OC[C@@H](COC(=O)CCCCCCCCCCC)OC(=O)CCCCCCCCCCCCCCCC. The number of esters is 4. The van der Waals surface area contributed by atoms with Crippen LogP contribution in [0.15, 0.2) is 0 Å². The minimum absolute atomic E-state index is 0.108. The Morgan fingerprint density at radius 1 is 0.270 bits per heavy atom. The molecule has 594 valence electrons. The predicted molar refractivity (Wildman–Crippen MR) is 409 cm³/mol. The molecule has 19 heteroatoms. The Bertz CT molecular complexity index is 1910. The second kappa shape index (κ2) is 73.9. The van der Waals surface area contributed by atoms with Crippen LogP contribution in [0.2, 0.25) is 0 Å². The molecule has 0 radical (unpaired) electrons. The molecule has 17 nitrogen and oxygen atoms in total. The van der Waals surface area contributed by atoms with E-state index in [4.69, 9.17) is 37.0 Å². The molecule has 0 aliphatic heterocycles. The summed E-state index contributed by atoms with van der Waals surface area (Å²) in [5.74, 6) is -1.33. The van der Waals surface area contributed by atoms with Crippen molar-refractivity contribution in [3.63, 3.8) is 0 Å². The van der Waals surface area contributed by atoms with E-state index < -0.39 is 97.5 Å². The van der Waals surface area contributed by atoms with E-state index in [0.717, 1.165) is 95.8 Å². The summed E-state index contributed by atoms with van der Waals surface area (Å²) >= 11 is 0. The number of ether oxygens (including phenoxy) is 4. The number of aliphatic hydroxyl groups excluding tert-OH is 1. The van der Waals surface area contributed by atoms with Gasteiger partial charge in [0.15, 0.2) is 12.2 Å². The fraction of sp³-hybridized carbons (Fsp3) is 0.951. The van der Waals surface area contributed by atoms with Crippen LogP contribution in [-0.4, -0.2) is 96.7 Å². The number of phosphoric ester groups is 2. The van der Waals surface area contributed by atoms with E-state index in [1.165, 1.54) is 257 Å². The molecule has 0 aromatic rings. The van der Waals surface area contributed by atoms with Crippen LogP contribution in [0.5, 0.6) is 0 Å². The highest BCUT2D eigenvalue weighted by atomic mass is 31.2. The predicted octanol–water partition coefficient (Wildman–Crippen LogP) is 24.4. The molecule has 0 spiro atoms. The van der Waals surface area contributed by atoms with Crippen molar-refractivity contribution in [1.29, 1.82) is 0 Å². The molecular weight excluding hydrogens is 1310 g/mol. The van der Waals surface area contributed by atoms with Crippen molar-refractivity contribution in [3.8, 4) is 0 Å². The van der Waals surface area contributed by atoms with Crippen molar-refractivity contribution < 1.29 is 80.2 Å². The zero-order valence-electron chi connectivity index (χ0n) is 65.3. The molecule has 0 aromatic heterocycles. The standard InChI is InChI=1S/C81H158O17P2/c1-6-9-12-15-18-21-23-25-27-28-29-30-31-32-33-34-36-42-47-52-57-62-67-81(86)98-77(71-92-79(84)65-60-55-50-45-40-38-37-39-44-48-53-58-63-74(4)5)73-96-100(89,90)94-69-75(82)68-93-99(87,88)95-72-76(70-91-78(83)64-59-54-49-43-20-17-14-11-8-3)97-80(85)66-61-56-51-46-41-35-26-24-22-19-16-13-10-7-2/h74-77,82H,6-73H2,1-5H3,(H,87,88)(H,89,90)/t75-,76+,77+/m0/s1. The number of phosphoric acid groups is 2. The molecular formula is C81H158O17P2. The fourth-order valence-corrected chi connectivity index (χ4v) is 14.2. The van der Waals surface area contributed by atoms with Crippen LogP contribution in [0.1, 0.15) is 433 Å². The molecule has 3 N–H and O–H groups in total. The van der Waals surface area contributed by atoms with Gasteiger partial charge < -0.3 is 33.8 Å². The van der Waals surface area contributed by atoms with Gasteiger partial charge in [0.1, 0.15) is 19.3 Å². The molecule has 2 unspecified atom stereocenters. The van der Waals surface area contributed by atoms with Crippen LogP contribution in [-0.2, 0) is 65.4 Å². The Morgan fingerprint density at radius 2 is 0.460 bits per heavy atom. The van der Waals surface area contributed by atoms with E-state index in [2.05, 4.69) is 34.6 Å². The second-order valence-corrected chi connectivity index (χ2v) is 32.5. The molecule has 0 amide bonds. The van der Waals surface area contributed by atoms with Gasteiger partial charge >= 0.3 is 39.5 Å². The fourth-order valence-electron chi connectivity index (χ4n) is 12.6. The lowest BCUT2D eigenvalue weighted by Gasteiger charge is -2.21. The van der Waals surface area contributed by atoms with E-state index in [1.807, 2.05) is 0 Å². The van der Waals surface area contributed by atoms with Crippen molar-refractivity contribution in [2.75, 3.05) is 39.6 Å². The zero-order valence-corrected chi connectivity index (χ0v) is 67.1. The maximum Gasteiger partial charge on any atom is 0.472 e. The van der Waals surface area contributed by atoms with Gasteiger partial charge in [-0.3, -0.25) is 37.3 Å². The van der Waals surface area contributed by atoms with Crippen LogP contribution in [0.25, 0.3) is 0 Å². The molecule has 0 heterocycles. The third kappa shape index (κ3) is 74.3. The number of hydrogen-bond donors (Lipinski definition) is 3. The van der Waals surface area contributed by atoms with Crippen LogP contribution in [0.4, 0.5) is 0 Å². The summed E-state index contributed by atoms with van der Waals surface area (Å²) < 4.78 is 68.7. The zero-order chi connectivity index (χ0) is 73.4. The Hall–Kier alpha value is -1.94. The summed E-state index contributed by atoms with van der Waals surface area (Å²) in [7, 11) is -9.92. The first-order valence-corrected chi connectivity index (χ1v) is 45.1. The van der Waals surface area contributed by atoms with Gasteiger partial charge in [0, 0.05) is 25.7 Å². The quantitative estimate of drug-likeness (QED) is 0.0222. The maximum atomic E-state index is 13.1. The largest absolute Gasteiger partial charge is 0.472 e. The molecule has 0 saturated heterocycles. The number of rotatable bonds is 81. The molecule has 0 fully saturated rings. The average molecular weight is 1470 g/mol. The number of aliphatic hydroxyl groups is 1. The summed E-state index contributed by atoms with van der Waals surface area (Å²) in [4.78, 5) is 72.9. The van der Waals surface area contributed by atoms with Crippen LogP contribution < -0.4 is 0 Å². The summed E-state index contributed by atoms with van der Waals surface area (Å²) in [6.45, 7) is 7.32. The van der Waals surface area contributed by atoms with Crippen molar-refractivity contribution in [3.05, 3.63) is 0 Å². The van der Waals surface area contributed by atoms with Crippen LogP contribution in [0.3, 0.4) is 0 Å². The lowest BCUT2D eigenvalue weighted by atomic mass is 10.0. The van der Waals surface area contributed by atoms with Gasteiger partial charge in [-0.1, -0.05) is 381 Å². The molecule has 0 aliphatic carbocycles. The molecule has 0 rings (SSSR count). The Morgan fingerprint density at radius 3 is 0.680 bits per heavy atom. The highest BCUT2D eigenvalue weighted by Gasteiger charge is 2.30. The maximum absolute atomic E-state index is 13.1. The van der Waals surface area contributed by atoms with Gasteiger partial charge in [0.2, 0.25) is 0 Å². The summed E-state index contributed by atoms with van der Waals surface area (Å²) in [6.07, 6.45) is 65.3. The van der Waals surface area contributed by atoms with Crippen molar-refractivity contribution in [2.24, 2.45) is 5.92 Å². The Kier molecular flexibility index (Phi) is 72.5. The highest BCUT2D eigenvalue weighted by molar-refractivity contribution is 7.47. The number of carbonyl (C=O) groups is 4. The van der Waals surface area contributed by atoms with Gasteiger partial charge in [-0.05, 0) is 31.6 Å². The van der Waals surface area contributed by atoms with Gasteiger partial charge in [-0.25, -0.2) is 9.13 Å². The van der Waals surface area contributed by atoms with E-state index >= 15 is 0 Å². The topological polar surface area (TPSA) is 237 Å². The first-order valence-electron chi connectivity index (χ1n) is 42.1. The molecule has 0 aliphatic rings. The van der Waals surface area contributed by atoms with Crippen molar-refractivity contribution in [2.45, 2.75) is 451 Å². The van der Waals surface area contributed by atoms with E-state index in [1.54, 1.807) is 0 Å². The van der Waals surface area contributed by atoms with Gasteiger partial charge in [-0.15, -0.1) is 0 Å². The summed E-state index contributed by atoms with van der Waals surface area (Å²) in [5, 5.41) is 10.6. The van der Waals surface area contributed by atoms with E-state index in [9.17, 15) is 43.2 Å². The summed E-state index contributed by atoms with van der Waals surface area (Å²) in [6, 6.07) is 0. The van der Waals surface area contributed by atoms with Gasteiger partial charge in [0.05, 0.1) is 26.4 Å². The van der Waals surface area contributed by atoms with Gasteiger partial charge in [-0.2, -0.15) is 0 Å². The van der Waals surface area contributed by atoms with Crippen molar-refractivity contribution in [1.82, 2.24) is 0 Å². The highest BCUT2D eigenvalue weighted by Crippen LogP contribution is 2.45. The first-order chi connectivity index (χ1) is 48.5. The molecule has 0 bridgehead atoms. The molecule has 0 aromatic carbocycles. The summed E-state index contributed by atoms with van der Waals surface area (Å²) in [5.41, 5.74) is 0. The normalized spacial score (nSPS) is 13.8. The van der Waals surface area contributed by atoms with Crippen LogP contribution in [0, 0.1) is 5.92 Å². The Balaban J connectivity index is 5.19. The average Bonchev–Trinajstić information content (AvgIpc) is 1.08. The minimum Gasteiger partial charge on any atom is -0.462 e. The lowest BCUT2D eigenvalue weighted by Crippen LogP contribution is -2.30. The number of unbranched alkanes of at least 4 members (excludes halogenated alkanes) is 53. The van der Waals surface area contributed by atoms with Crippen LogP contribution >= 0.6 is 15.6 Å². The van der Waals surface area contributed by atoms with E-state index in [0.29, 0.717) is 25.7 Å². The second-order valence-electron chi connectivity index (χ2n) is 29.6. The lowest BCUT2D eigenvalue weighted by molar-refractivity contribution is -0.161. The molecule has 5 atom stereocenters. The van der Waals surface area contributed by atoms with E-state index in [-0.39, 0.29) is 25.7 Å². The third-order valence-corrected chi connectivity index (χ3v) is 20.9. The molecule has 0 saturated carbocycles. The molecule has 100 heavy (non-hydrogen) atoms. The first kappa shape index (κ1) is 98.1. The minimum atomic E-state index is -4.96.